The molecule has 0 unspecified atom stereocenters. The lowest BCUT2D eigenvalue weighted by Gasteiger charge is -2.17. The van der Waals surface area contributed by atoms with Crippen molar-refractivity contribution in [3.05, 3.63) is 59.1 Å². The van der Waals surface area contributed by atoms with Gasteiger partial charge in [0.15, 0.2) is 0 Å². The Bertz CT molecular complexity index is 854. The third-order valence-corrected chi connectivity index (χ3v) is 5.44. The number of carbonyl (C=O) groups is 1. The van der Waals surface area contributed by atoms with E-state index in [2.05, 4.69) is 4.72 Å². The van der Waals surface area contributed by atoms with Crippen molar-refractivity contribution in [2.24, 2.45) is 0 Å². The second kappa shape index (κ2) is 9.02. The van der Waals surface area contributed by atoms with Gasteiger partial charge in [0.2, 0.25) is 15.9 Å². The zero-order valence-electron chi connectivity index (χ0n) is 14.6. The van der Waals surface area contributed by atoms with E-state index in [4.69, 9.17) is 16.3 Å². The van der Waals surface area contributed by atoms with Crippen LogP contribution in [0.3, 0.4) is 0 Å². The molecule has 26 heavy (non-hydrogen) atoms. The summed E-state index contributed by atoms with van der Waals surface area (Å²) in [6.45, 7) is 0.449. The summed E-state index contributed by atoms with van der Waals surface area (Å²) in [6.07, 6.45) is 0.0620. The molecule has 0 heterocycles. The quantitative estimate of drug-likeness (QED) is 0.744. The average Bonchev–Trinajstić information content (AvgIpc) is 2.62. The smallest absolute Gasteiger partial charge is 0.240 e. The lowest BCUT2D eigenvalue weighted by Crippen LogP contribution is -2.31. The molecule has 8 heteroatoms. The minimum Gasteiger partial charge on any atom is -0.497 e. The van der Waals surface area contributed by atoms with Crippen molar-refractivity contribution < 1.29 is 17.9 Å². The fraction of sp³-hybridized carbons (Fsp3) is 0.278. The minimum absolute atomic E-state index is 0.0145. The molecule has 0 aliphatic heterocycles. The van der Waals surface area contributed by atoms with E-state index < -0.39 is 10.0 Å². The average molecular weight is 397 g/mol. The number of hydrogen-bond donors (Lipinski definition) is 1. The summed E-state index contributed by atoms with van der Waals surface area (Å²) in [4.78, 5) is 13.8. The number of rotatable bonds is 8. The van der Waals surface area contributed by atoms with Crippen LogP contribution in [0.1, 0.15) is 12.0 Å². The highest BCUT2D eigenvalue weighted by molar-refractivity contribution is 7.89. The van der Waals surface area contributed by atoms with Gasteiger partial charge in [0.25, 0.3) is 0 Å². The third-order valence-electron chi connectivity index (χ3n) is 3.74. The van der Waals surface area contributed by atoms with E-state index in [1.807, 2.05) is 24.3 Å². The first-order chi connectivity index (χ1) is 12.3. The van der Waals surface area contributed by atoms with Crippen molar-refractivity contribution in [2.45, 2.75) is 17.9 Å². The van der Waals surface area contributed by atoms with Gasteiger partial charge in [0, 0.05) is 31.6 Å². The molecule has 0 atom stereocenters. The van der Waals surface area contributed by atoms with Crippen LogP contribution in [0.2, 0.25) is 5.02 Å². The lowest BCUT2D eigenvalue weighted by atomic mass is 10.2. The molecule has 0 saturated carbocycles. The SMILES string of the molecule is COc1ccc(CN(C)C(=O)CCNS(=O)(=O)c2cccc(Cl)c2)cc1. The van der Waals surface area contributed by atoms with Crippen LogP contribution in [-0.4, -0.2) is 39.9 Å². The van der Waals surface area contributed by atoms with Crippen LogP contribution >= 0.6 is 11.6 Å². The molecule has 0 saturated heterocycles. The minimum atomic E-state index is -3.69. The van der Waals surface area contributed by atoms with Gasteiger partial charge in [-0.05, 0) is 35.9 Å². The maximum atomic E-state index is 12.2. The number of sulfonamides is 1. The number of nitrogens with zero attached hydrogens (tertiary/aromatic N) is 1. The van der Waals surface area contributed by atoms with Crippen LogP contribution in [0.15, 0.2) is 53.4 Å². The zero-order valence-corrected chi connectivity index (χ0v) is 16.2. The zero-order chi connectivity index (χ0) is 19.2. The Kier molecular flexibility index (Phi) is 7.02. The topological polar surface area (TPSA) is 75.7 Å². The number of halogens is 1. The number of amides is 1. The van der Waals surface area contributed by atoms with Crippen molar-refractivity contribution in [3.8, 4) is 5.75 Å². The van der Waals surface area contributed by atoms with Gasteiger partial charge in [-0.3, -0.25) is 4.79 Å². The van der Waals surface area contributed by atoms with Crippen LogP contribution in [0.4, 0.5) is 0 Å². The lowest BCUT2D eigenvalue weighted by molar-refractivity contribution is -0.130. The largest absolute Gasteiger partial charge is 0.497 e. The molecule has 6 nitrogen and oxygen atoms in total. The summed E-state index contributed by atoms with van der Waals surface area (Å²) in [5.41, 5.74) is 0.959. The van der Waals surface area contributed by atoms with Gasteiger partial charge < -0.3 is 9.64 Å². The molecule has 0 spiro atoms. The highest BCUT2D eigenvalue weighted by Crippen LogP contribution is 2.15. The van der Waals surface area contributed by atoms with Crippen LogP contribution in [-0.2, 0) is 21.4 Å². The molecule has 0 radical (unpaired) electrons. The number of methoxy groups -OCH3 is 1. The molecule has 2 aromatic carbocycles. The standard InChI is InChI=1S/C18H21ClN2O4S/c1-21(13-14-6-8-16(25-2)9-7-14)18(22)10-11-20-26(23,24)17-5-3-4-15(19)12-17/h3-9,12,20H,10-11,13H2,1-2H3. The van der Waals surface area contributed by atoms with Crippen molar-refractivity contribution in [3.63, 3.8) is 0 Å². The van der Waals surface area contributed by atoms with E-state index in [0.717, 1.165) is 11.3 Å². The van der Waals surface area contributed by atoms with Gasteiger partial charge in [-0.1, -0.05) is 29.8 Å². The van der Waals surface area contributed by atoms with Crippen molar-refractivity contribution >= 4 is 27.5 Å². The fourth-order valence-electron chi connectivity index (χ4n) is 2.29. The Morgan fingerprint density at radius 1 is 1.19 bits per heavy atom. The summed E-state index contributed by atoms with van der Waals surface area (Å²) < 4.78 is 31.9. The number of benzene rings is 2. The predicted molar refractivity (Wildman–Crippen MR) is 101 cm³/mol. The number of ether oxygens (including phenoxy) is 1. The second-order valence-electron chi connectivity index (χ2n) is 5.70. The molecular weight excluding hydrogens is 376 g/mol. The Morgan fingerprint density at radius 3 is 2.50 bits per heavy atom. The number of hydrogen-bond acceptors (Lipinski definition) is 4. The molecule has 0 bridgehead atoms. The summed E-state index contributed by atoms with van der Waals surface area (Å²) in [5.74, 6) is 0.591. The van der Waals surface area contributed by atoms with E-state index in [-0.39, 0.29) is 23.8 Å². The molecule has 1 N–H and O–H groups in total. The van der Waals surface area contributed by atoms with Crippen LogP contribution in [0.5, 0.6) is 5.75 Å². The van der Waals surface area contributed by atoms with Crippen LogP contribution in [0, 0.1) is 0 Å². The Labute approximate surface area is 158 Å². The summed E-state index contributed by atoms with van der Waals surface area (Å²) in [5, 5.41) is 0.336. The van der Waals surface area contributed by atoms with Gasteiger partial charge in [-0.2, -0.15) is 0 Å². The van der Waals surface area contributed by atoms with Crippen molar-refractivity contribution in [1.82, 2.24) is 9.62 Å². The molecule has 2 rings (SSSR count). The van der Waals surface area contributed by atoms with E-state index in [9.17, 15) is 13.2 Å². The monoisotopic (exact) mass is 396 g/mol. The van der Waals surface area contributed by atoms with Gasteiger partial charge >= 0.3 is 0 Å². The highest BCUT2D eigenvalue weighted by Gasteiger charge is 2.16. The highest BCUT2D eigenvalue weighted by atomic mass is 35.5. The van der Waals surface area contributed by atoms with Gasteiger partial charge in [-0.15, -0.1) is 0 Å². The summed E-state index contributed by atoms with van der Waals surface area (Å²) in [7, 11) is -0.419. The summed E-state index contributed by atoms with van der Waals surface area (Å²) in [6, 6.07) is 13.4. The molecule has 0 aromatic heterocycles. The molecule has 0 aliphatic rings. The number of carbonyl (C=O) groups excluding carboxylic acids is 1. The van der Waals surface area contributed by atoms with E-state index in [0.29, 0.717) is 11.6 Å². The predicted octanol–water partition coefficient (Wildman–Crippen LogP) is 2.68. The first-order valence-corrected chi connectivity index (χ1v) is 9.80. The van der Waals surface area contributed by atoms with E-state index >= 15 is 0 Å². The molecule has 2 aromatic rings. The fourth-order valence-corrected chi connectivity index (χ4v) is 3.63. The molecule has 1 amide bonds. The van der Waals surface area contributed by atoms with E-state index in [1.165, 1.54) is 12.1 Å². The summed E-state index contributed by atoms with van der Waals surface area (Å²) >= 11 is 5.81. The Hall–Kier alpha value is -2.09. The van der Waals surface area contributed by atoms with E-state index in [1.54, 1.807) is 31.2 Å². The van der Waals surface area contributed by atoms with Gasteiger partial charge in [-0.25, -0.2) is 13.1 Å². The first kappa shape index (κ1) is 20.2. The first-order valence-electron chi connectivity index (χ1n) is 7.94. The Morgan fingerprint density at radius 2 is 1.88 bits per heavy atom. The third kappa shape index (κ3) is 5.72. The van der Waals surface area contributed by atoms with Crippen LogP contribution in [0.25, 0.3) is 0 Å². The van der Waals surface area contributed by atoms with Gasteiger partial charge in [0.05, 0.1) is 12.0 Å². The molecule has 0 aliphatic carbocycles. The van der Waals surface area contributed by atoms with Crippen LogP contribution < -0.4 is 9.46 Å². The molecule has 0 fully saturated rings. The second-order valence-corrected chi connectivity index (χ2v) is 7.91. The maximum Gasteiger partial charge on any atom is 0.240 e. The maximum absolute atomic E-state index is 12.2. The van der Waals surface area contributed by atoms with Gasteiger partial charge in [0.1, 0.15) is 5.75 Å². The normalized spacial score (nSPS) is 11.2. The van der Waals surface area contributed by atoms with Crippen molar-refractivity contribution in [1.29, 1.82) is 0 Å². The molecular formula is C18H21ClN2O4S. The number of nitrogens with one attached hydrogen (secondary N) is 1. The Balaban J connectivity index is 1.85. The molecule has 140 valence electrons. The van der Waals surface area contributed by atoms with Crippen molar-refractivity contribution in [2.75, 3.05) is 20.7 Å².